The highest BCUT2D eigenvalue weighted by molar-refractivity contribution is 5.75. The first-order valence-corrected chi connectivity index (χ1v) is 10.5. The largest absolute Gasteiger partial charge is 0.417 e. The van der Waals surface area contributed by atoms with E-state index in [1.54, 1.807) is 0 Å². The Bertz CT molecular complexity index is 1200. The Balaban J connectivity index is 1.33. The molecule has 0 fully saturated rings. The van der Waals surface area contributed by atoms with Crippen molar-refractivity contribution in [3.63, 3.8) is 0 Å². The SMILES string of the molecule is O=C(Cn1cc(C(F)(F)F)ccc1=O)NC[C@H]1CC2c3ccccc3C1c1ccccc12. The Morgan fingerprint density at radius 3 is 2.12 bits per heavy atom. The molecule has 1 aromatic heterocycles. The summed E-state index contributed by atoms with van der Waals surface area (Å²) in [6, 6.07) is 18.3. The summed E-state index contributed by atoms with van der Waals surface area (Å²) in [6.45, 7) is -0.0485. The Hall–Kier alpha value is -3.35. The van der Waals surface area contributed by atoms with E-state index < -0.39 is 29.8 Å². The zero-order valence-corrected chi connectivity index (χ0v) is 17.1. The van der Waals surface area contributed by atoms with Gasteiger partial charge in [0.05, 0.1) is 5.56 Å². The maximum atomic E-state index is 12.9. The molecule has 164 valence electrons. The number of aromatic nitrogens is 1. The zero-order valence-electron chi connectivity index (χ0n) is 17.1. The number of amides is 1. The lowest BCUT2D eigenvalue weighted by atomic mass is 9.59. The van der Waals surface area contributed by atoms with Gasteiger partial charge in [0.2, 0.25) is 5.91 Å². The number of carbonyl (C=O) groups excluding carboxylic acids is 1. The first kappa shape index (κ1) is 20.5. The standard InChI is InChI=1S/C25H21F3N2O2/c26-25(27,28)16-9-10-23(32)30(13-16)14-22(31)29-12-15-11-21-17-5-1-3-7-19(17)24(15)20-8-4-2-6-18(20)21/h1-10,13,15,21,24H,11-12,14H2,(H,29,31)/t15-,21?,24?/m1/s1. The number of pyridine rings is 1. The van der Waals surface area contributed by atoms with Gasteiger partial charge in [-0.1, -0.05) is 48.5 Å². The molecule has 0 radical (unpaired) electrons. The van der Waals surface area contributed by atoms with Gasteiger partial charge in [0.1, 0.15) is 6.54 Å². The molecule has 0 saturated carbocycles. The van der Waals surface area contributed by atoms with E-state index >= 15 is 0 Å². The highest BCUT2D eigenvalue weighted by atomic mass is 19.4. The van der Waals surface area contributed by atoms with Gasteiger partial charge in [-0.2, -0.15) is 13.2 Å². The van der Waals surface area contributed by atoms with Crippen LogP contribution in [0.25, 0.3) is 0 Å². The van der Waals surface area contributed by atoms with Crippen LogP contribution < -0.4 is 10.9 Å². The average Bonchev–Trinajstić information content (AvgIpc) is 2.78. The number of benzene rings is 2. The molecule has 0 saturated heterocycles. The molecular formula is C25H21F3N2O2. The predicted molar refractivity (Wildman–Crippen MR) is 113 cm³/mol. The topological polar surface area (TPSA) is 51.1 Å². The van der Waals surface area contributed by atoms with Crippen molar-refractivity contribution in [1.29, 1.82) is 0 Å². The van der Waals surface area contributed by atoms with Crippen molar-refractivity contribution >= 4 is 5.91 Å². The van der Waals surface area contributed by atoms with Gasteiger partial charge < -0.3 is 9.88 Å². The molecule has 0 unspecified atom stereocenters. The van der Waals surface area contributed by atoms with Gasteiger partial charge in [0, 0.05) is 30.6 Å². The molecule has 2 bridgehead atoms. The van der Waals surface area contributed by atoms with Gasteiger partial charge in [0.25, 0.3) is 5.56 Å². The average molecular weight is 438 g/mol. The molecule has 0 spiro atoms. The molecule has 1 atom stereocenters. The number of hydrogen-bond acceptors (Lipinski definition) is 2. The number of nitrogens with one attached hydrogen (secondary N) is 1. The van der Waals surface area contributed by atoms with Crippen molar-refractivity contribution in [1.82, 2.24) is 9.88 Å². The first-order valence-electron chi connectivity index (χ1n) is 10.5. The normalized spacial score (nSPS) is 21.0. The predicted octanol–water partition coefficient (Wildman–Crippen LogP) is 4.28. The summed E-state index contributed by atoms with van der Waals surface area (Å²) in [7, 11) is 0. The number of halogens is 3. The van der Waals surface area contributed by atoms with Crippen molar-refractivity contribution in [2.24, 2.45) is 5.92 Å². The number of rotatable bonds is 4. The summed E-state index contributed by atoms with van der Waals surface area (Å²) in [4.78, 5) is 24.4. The second-order valence-electron chi connectivity index (χ2n) is 8.47. The van der Waals surface area contributed by atoms with E-state index in [1.165, 1.54) is 22.3 Å². The van der Waals surface area contributed by atoms with E-state index in [0.29, 0.717) is 12.7 Å². The van der Waals surface area contributed by atoms with Crippen molar-refractivity contribution in [2.75, 3.05) is 6.54 Å². The van der Waals surface area contributed by atoms with Gasteiger partial charge in [-0.05, 0) is 40.7 Å². The second kappa shape index (κ2) is 7.65. The van der Waals surface area contributed by atoms with Crippen molar-refractivity contribution in [2.45, 2.75) is 31.0 Å². The summed E-state index contributed by atoms with van der Waals surface area (Å²) in [5, 5.41) is 2.85. The molecule has 1 heterocycles. The van der Waals surface area contributed by atoms with E-state index in [-0.39, 0.29) is 17.8 Å². The zero-order chi connectivity index (χ0) is 22.5. The third-order valence-electron chi connectivity index (χ3n) is 6.61. The van der Waals surface area contributed by atoms with Crippen LogP contribution in [0.15, 0.2) is 71.7 Å². The summed E-state index contributed by atoms with van der Waals surface area (Å²) in [5.41, 5.74) is 3.60. The van der Waals surface area contributed by atoms with E-state index in [1.807, 2.05) is 24.3 Å². The first-order chi connectivity index (χ1) is 15.3. The molecule has 3 aromatic rings. The van der Waals surface area contributed by atoms with Gasteiger partial charge in [-0.25, -0.2) is 0 Å². The van der Waals surface area contributed by atoms with E-state index in [2.05, 4.69) is 29.6 Å². The molecule has 7 heteroatoms. The third-order valence-corrected chi connectivity index (χ3v) is 6.61. The molecule has 1 amide bonds. The quantitative estimate of drug-likeness (QED) is 0.661. The molecule has 32 heavy (non-hydrogen) atoms. The highest BCUT2D eigenvalue weighted by Gasteiger charge is 2.42. The molecule has 3 aliphatic rings. The molecule has 1 N–H and O–H groups in total. The lowest BCUT2D eigenvalue weighted by Crippen LogP contribution is -2.41. The lowest BCUT2D eigenvalue weighted by molar-refractivity contribution is -0.138. The summed E-state index contributed by atoms with van der Waals surface area (Å²) < 4.78 is 39.6. The number of carbonyl (C=O) groups is 1. The molecule has 4 nitrogen and oxygen atoms in total. The van der Waals surface area contributed by atoms with Gasteiger partial charge >= 0.3 is 6.18 Å². The lowest BCUT2D eigenvalue weighted by Gasteiger charge is -2.45. The number of alkyl halides is 3. The number of fused-ring (bicyclic) bond motifs is 1. The van der Waals surface area contributed by atoms with E-state index in [0.717, 1.165) is 23.1 Å². The molecule has 6 rings (SSSR count). The van der Waals surface area contributed by atoms with Gasteiger partial charge in [0.15, 0.2) is 0 Å². The summed E-state index contributed by atoms with van der Waals surface area (Å²) >= 11 is 0. The smallest absolute Gasteiger partial charge is 0.354 e. The Morgan fingerprint density at radius 1 is 0.938 bits per heavy atom. The van der Waals surface area contributed by atoms with Crippen LogP contribution in [0.2, 0.25) is 0 Å². The Kier molecular flexibility index (Phi) is 4.92. The van der Waals surface area contributed by atoms with Crippen LogP contribution in [0.4, 0.5) is 13.2 Å². The summed E-state index contributed by atoms with van der Waals surface area (Å²) in [5.74, 6) is 0.116. The van der Waals surface area contributed by atoms with Crippen LogP contribution in [0.1, 0.15) is 46.1 Å². The van der Waals surface area contributed by atoms with Gasteiger partial charge in [-0.3, -0.25) is 9.59 Å². The Morgan fingerprint density at radius 2 is 1.53 bits per heavy atom. The van der Waals surface area contributed by atoms with Gasteiger partial charge in [-0.15, -0.1) is 0 Å². The fourth-order valence-corrected chi connectivity index (χ4v) is 5.24. The van der Waals surface area contributed by atoms with E-state index in [4.69, 9.17) is 0 Å². The van der Waals surface area contributed by atoms with Crippen LogP contribution in [0.3, 0.4) is 0 Å². The van der Waals surface area contributed by atoms with Crippen LogP contribution in [-0.4, -0.2) is 17.0 Å². The molecule has 3 aliphatic carbocycles. The minimum Gasteiger partial charge on any atom is -0.354 e. The molecule has 2 aromatic carbocycles. The van der Waals surface area contributed by atoms with Crippen LogP contribution >= 0.6 is 0 Å². The highest BCUT2D eigenvalue weighted by Crippen LogP contribution is 2.55. The monoisotopic (exact) mass is 438 g/mol. The third kappa shape index (κ3) is 3.51. The van der Waals surface area contributed by atoms with Crippen molar-refractivity contribution in [3.8, 4) is 0 Å². The minimum absolute atomic E-state index is 0.156. The second-order valence-corrected chi connectivity index (χ2v) is 8.47. The van der Waals surface area contributed by atoms with Crippen LogP contribution in [-0.2, 0) is 17.5 Å². The number of hydrogen-bond donors (Lipinski definition) is 1. The maximum absolute atomic E-state index is 12.9. The Labute approximate surface area is 182 Å². The van der Waals surface area contributed by atoms with Crippen molar-refractivity contribution in [3.05, 3.63) is 105 Å². The fraction of sp³-hybridized carbons (Fsp3) is 0.280. The maximum Gasteiger partial charge on any atom is 0.417 e. The van der Waals surface area contributed by atoms with E-state index in [9.17, 15) is 22.8 Å². The van der Waals surface area contributed by atoms with Crippen LogP contribution in [0, 0.1) is 5.92 Å². The molecule has 0 aliphatic heterocycles. The summed E-state index contributed by atoms with van der Waals surface area (Å²) in [6.07, 6.45) is -2.99. The van der Waals surface area contributed by atoms with Crippen LogP contribution in [0.5, 0.6) is 0 Å². The number of nitrogens with zero attached hydrogens (tertiary/aromatic N) is 1. The fourth-order valence-electron chi connectivity index (χ4n) is 5.24. The molecular weight excluding hydrogens is 417 g/mol. The van der Waals surface area contributed by atoms with Crippen molar-refractivity contribution < 1.29 is 18.0 Å². The minimum atomic E-state index is -4.58.